The van der Waals surface area contributed by atoms with Crippen LogP contribution in [0.3, 0.4) is 0 Å². The van der Waals surface area contributed by atoms with Crippen LogP contribution in [0.2, 0.25) is 0 Å². The lowest BCUT2D eigenvalue weighted by Crippen LogP contribution is -2.17. The van der Waals surface area contributed by atoms with Gasteiger partial charge in [0.05, 0.1) is 0 Å². The summed E-state index contributed by atoms with van der Waals surface area (Å²) in [5.74, 6) is -0.721. The monoisotopic (exact) mass is 296 g/mol. The lowest BCUT2D eigenvalue weighted by atomic mass is 10.1. The Balaban J connectivity index is 3.19. The van der Waals surface area contributed by atoms with Gasteiger partial charge in [-0.05, 0) is 31.5 Å². The van der Waals surface area contributed by atoms with Crippen LogP contribution in [0.15, 0.2) is 16.6 Å². The van der Waals surface area contributed by atoms with Gasteiger partial charge in [0.1, 0.15) is 5.75 Å². The Kier molecular flexibility index (Phi) is 3.62. The number of ether oxygens (including phenoxy) is 1. The Morgan fingerprint density at radius 1 is 1.38 bits per heavy atom. The standard InChI is InChI=1S/C10H8BrF3O2/c1-5-8(6(2)15)3-7(4-9(5)11)16-10(12,13)14/h3-4H,1-2H3. The van der Waals surface area contributed by atoms with Crippen LogP contribution in [0.5, 0.6) is 5.75 Å². The highest BCUT2D eigenvalue weighted by atomic mass is 79.9. The van der Waals surface area contributed by atoms with Gasteiger partial charge in [-0.25, -0.2) is 0 Å². The third-order valence-corrected chi connectivity index (χ3v) is 2.75. The molecule has 0 fully saturated rings. The molecule has 0 radical (unpaired) electrons. The Morgan fingerprint density at radius 2 is 1.94 bits per heavy atom. The molecule has 0 atom stereocenters. The molecule has 0 aliphatic carbocycles. The number of alkyl halides is 3. The van der Waals surface area contributed by atoms with Crippen LogP contribution in [0.1, 0.15) is 22.8 Å². The van der Waals surface area contributed by atoms with E-state index in [4.69, 9.17) is 0 Å². The fourth-order valence-corrected chi connectivity index (χ4v) is 1.65. The Labute approximate surface area is 98.5 Å². The quantitative estimate of drug-likeness (QED) is 0.775. The molecule has 88 valence electrons. The third kappa shape index (κ3) is 3.23. The molecule has 0 spiro atoms. The maximum atomic E-state index is 12.0. The van der Waals surface area contributed by atoms with E-state index >= 15 is 0 Å². The molecule has 16 heavy (non-hydrogen) atoms. The van der Waals surface area contributed by atoms with E-state index in [0.717, 1.165) is 6.07 Å². The molecule has 0 saturated heterocycles. The highest BCUT2D eigenvalue weighted by molar-refractivity contribution is 9.10. The zero-order valence-corrected chi connectivity index (χ0v) is 10.1. The van der Waals surface area contributed by atoms with E-state index in [9.17, 15) is 18.0 Å². The molecule has 0 aliphatic rings. The molecule has 1 aromatic rings. The highest BCUT2D eigenvalue weighted by Gasteiger charge is 2.31. The molecule has 0 bridgehead atoms. The van der Waals surface area contributed by atoms with Gasteiger partial charge in [-0.2, -0.15) is 0 Å². The summed E-state index contributed by atoms with van der Waals surface area (Å²) in [5, 5.41) is 0. The summed E-state index contributed by atoms with van der Waals surface area (Å²) < 4.78 is 40.1. The fourth-order valence-electron chi connectivity index (χ4n) is 1.21. The Morgan fingerprint density at radius 3 is 2.38 bits per heavy atom. The van der Waals surface area contributed by atoms with Crippen LogP contribution >= 0.6 is 15.9 Å². The third-order valence-electron chi connectivity index (χ3n) is 1.93. The fraction of sp³-hybridized carbons (Fsp3) is 0.300. The maximum Gasteiger partial charge on any atom is 0.573 e. The number of rotatable bonds is 2. The van der Waals surface area contributed by atoms with Gasteiger partial charge in [-0.1, -0.05) is 15.9 Å². The van der Waals surface area contributed by atoms with Crippen molar-refractivity contribution in [3.63, 3.8) is 0 Å². The van der Waals surface area contributed by atoms with Gasteiger partial charge in [-0.3, -0.25) is 4.79 Å². The minimum Gasteiger partial charge on any atom is -0.406 e. The van der Waals surface area contributed by atoms with Crippen molar-refractivity contribution in [3.05, 3.63) is 27.7 Å². The van der Waals surface area contributed by atoms with Crippen LogP contribution < -0.4 is 4.74 Å². The second-order valence-corrected chi connectivity index (χ2v) is 4.04. The second-order valence-electron chi connectivity index (χ2n) is 3.18. The first-order valence-corrected chi connectivity index (χ1v) is 5.07. The van der Waals surface area contributed by atoms with E-state index in [2.05, 4.69) is 20.7 Å². The number of hydrogen-bond acceptors (Lipinski definition) is 2. The zero-order chi connectivity index (χ0) is 12.5. The molecule has 0 amide bonds. The van der Waals surface area contributed by atoms with Gasteiger partial charge < -0.3 is 4.74 Å². The topological polar surface area (TPSA) is 26.3 Å². The van der Waals surface area contributed by atoms with Crippen molar-refractivity contribution >= 4 is 21.7 Å². The molecule has 0 heterocycles. The van der Waals surface area contributed by atoms with Crippen molar-refractivity contribution in [1.82, 2.24) is 0 Å². The molecular formula is C10H8BrF3O2. The number of Topliss-reactive ketones (excluding diaryl/α,β-unsaturated/α-hetero) is 1. The smallest absolute Gasteiger partial charge is 0.406 e. The van der Waals surface area contributed by atoms with Gasteiger partial charge in [-0.15, -0.1) is 13.2 Å². The van der Waals surface area contributed by atoms with Crippen LogP contribution in [-0.4, -0.2) is 12.1 Å². The average Bonchev–Trinajstić information content (AvgIpc) is 2.07. The molecule has 1 aromatic carbocycles. The molecular weight excluding hydrogens is 289 g/mol. The molecule has 2 nitrogen and oxygen atoms in total. The minimum atomic E-state index is -4.76. The molecule has 6 heteroatoms. The van der Waals surface area contributed by atoms with Crippen molar-refractivity contribution in [2.45, 2.75) is 20.2 Å². The van der Waals surface area contributed by atoms with Gasteiger partial charge >= 0.3 is 6.36 Å². The van der Waals surface area contributed by atoms with Gasteiger partial charge in [0.2, 0.25) is 0 Å². The first-order chi connectivity index (χ1) is 7.20. The summed E-state index contributed by atoms with van der Waals surface area (Å²) in [6, 6.07) is 2.26. The molecule has 0 saturated carbocycles. The molecule has 1 rings (SSSR count). The van der Waals surface area contributed by atoms with Crippen molar-refractivity contribution < 1.29 is 22.7 Å². The highest BCUT2D eigenvalue weighted by Crippen LogP contribution is 2.30. The predicted octanol–water partition coefficient (Wildman–Crippen LogP) is 3.86. The van der Waals surface area contributed by atoms with E-state index in [1.807, 2.05) is 0 Å². The summed E-state index contributed by atoms with van der Waals surface area (Å²) in [5.41, 5.74) is 0.788. The number of benzene rings is 1. The van der Waals surface area contributed by atoms with E-state index in [1.54, 1.807) is 6.92 Å². The van der Waals surface area contributed by atoms with Crippen molar-refractivity contribution in [1.29, 1.82) is 0 Å². The van der Waals surface area contributed by atoms with Crippen LogP contribution in [0.25, 0.3) is 0 Å². The maximum absolute atomic E-state index is 12.0. The summed E-state index contributed by atoms with van der Waals surface area (Å²) >= 11 is 3.07. The van der Waals surface area contributed by atoms with Crippen LogP contribution in [-0.2, 0) is 0 Å². The summed E-state index contributed by atoms with van der Waals surface area (Å²) in [7, 11) is 0. The van der Waals surface area contributed by atoms with E-state index in [-0.39, 0.29) is 11.3 Å². The number of hydrogen-bond donors (Lipinski definition) is 0. The summed E-state index contributed by atoms with van der Waals surface area (Å²) in [6.07, 6.45) is -4.76. The lowest BCUT2D eigenvalue weighted by Gasteiger charge is -2.12. The van der Waals surface area contributed by atoms with Gasteiger partial charge in [0, 0.05) is 10.0 Å². The largest absolute Gasteiger partial charge is 0.573 e. The molecule has 0 aliphatic heterocycles. The van der Waals surface area contributed by atoms with Crippen molar-refractivity contribution in [3.8, 4) is 5.75 Å². The van der Waals surface area contributed by atoms with Crippen LogP contribution in [0.4, 0.5) is 13.2 Å². The normalized spacial score (nSPS) is 11.4. The SMILES string of the molecule is CC(=O)c1cc(OC(F)(F)F)cc(Br)c1C. The Hall–Kier alpha value is -1.04. The number of carbonyl (C=O) groups excluding carboxylic acids is 1. The number of halogens is 4. The van der Waals surface area contributed by atoms with E-state index in [0.29, 0.717) is 10.0 Å². The first kappa shape index (κ1) is 13.0. The van der Waals surface area contributed by atoms with E-state index < -0.39 is 12.1 Å². The first-order valence-electron chi connectivity index (χ1n) is 4.27. The number of carbonyl (C=O) groups is 1. The molecule has 0 unspecified atom stereocenters. The van der Waals surface area contributed by atoms with Crippen molar-refractivity contribution in [2.24, 2.45) is 0 Å². The predicted molar refractivity (Wildman–Crippen MR) is 55.6 cm³/mol. The van der Waals surface area contributed by atoms with Gasteiger partial charge in [0.25, 0.3) is 0 Å². The molecule has 0 aromatic heterocycles. The summed E-state index contributed by atoms with van der Waals surface area (Å²) in [4.78, 5) is 11.2. The minimum absolute atomic E-state index is 0.202. The van der Waals surface area contributed by atoms with Crippen molar-refractivity contribution in [2.75, 3.05) is 0 Å². The Bertz CT molecular complexity index is 427. The number of ketones is 1. The lowest BCUT2D eigenvalue weighted by molar-refractivity contribution is -0.274. The average molecular weight is 297 g/mol. The molecule has 0 N–H and O–H groups in total. The van der Waals surface area contributed by atoms with Crippen LogP contribution in [0, 0.1) is 6.92 Å². The van der Waals surface area contributed by atoms with E-state index in [1.165, 1.54) is 13.0 Å². The summed E-state index contributed by atoms with van der Waals surface area (Å²) in [6.45, 7) is 2.92. The zero-order valence-electron chi connectivity index (χ0n) is 8.48. The van der Waals surface area contributed by atoms with Gasteiger partial charge in [0.15, 0.2) is 5.78 Å². The second kappa shape index (κ2) is 4.45.